The summed E-state index contributed by atoms with van der Waals surface area (Å²) in [5.41, 5.74) is 1.12. The molecule has 0 fully saturated rings. The summed E-state index contributed by atoms with van der Waals surface area (Å²) in [7, 11) is 0. The van der Waals surface area contributed by atoms with Gasteiger partial charge < -0.3 is 9.52 Å². The van der Waals surface area contributed by atoms with E-state index in [1.165, 1.54) is 23.9 Å². The Labute approximate surface area is 94.2 Å². The summed E-state index contributed by atoms with van der Waals surface area (Å²) in [6.07, 6.45) is 0. The number of phenols is 1. The first-order valence-electron chi connectivity index (χ1n) is 4.56. The first-order valence-corrected chi connectivity index (χ1v) is 5.55. The Hall–Kier alpha value is -1.82. The lowest BCUT2D eigenvalue weighted by molar-refractivity contribution is -0.115. The van der Waals surface area contributed by atoms with Gasteiger partial charge in [-0.25, -0.2) is 9.98 Å². The van der Waals surface area contributed by atoms with Crippen molar-refractivity contribution in [2.75, 3.05) is 5.75 Å². The smallest absolute Gasteiger partial charge is 0.257 e. The van der Waals surface area contributed by atoms with Gasteiger partial charge in [0.1, 0.15) is 11.3 Å². The second-order valence-electron chi connectivity index (χ2n) is 3.27. The van der Waals surface area contributed by atoms with Crippen molar-refractivity contribution in [1.29, 1.82) is 0 Å². The molecule has 1 aromatic carbocycles. The molecule has 0 radical (unpaired) electrons. The van der Waals surface area contributed by atoms with Crippen molar-refractivity contribution < 1.29 is 14.3 Å². The Kier molecular flexibility index (Phi) is 1.97. The Morgan fingerprint density at radius 3 is 3.06 bits per heavy atom. The van der Waals surface area contributed by atoms with E-state index in [0.717, 1.165) is 0 Å². The summed E-state index contributed by atoms with van der Waals surface area (Å²) in [4.78, 5) is 19.0. The number of carbonyl (C=O) groups is 1. The van der Waals surface area contributed by atoms with Crippen molar-refractivity contribution in [3.8, 4) is 5.75 Å². The molecule has 0 saturated carbocycles. The molecule has 5 nitrogen and oxygen atoms in total. The molecule has 1 aliphatic rings. The normalized spacial score (nSPS) is 15.8. The number of nitrogens with zero attached hydrogens (tertiary/aromatic N) is 2. The number of rotatable bonds is 1. The van der Waals surface area contributed by atoms with Crippen LogP contribution in [0.1, 0.15) is 5.89 Å². The van der Waals surface area contributed by atoms with Gasteiger partial charge in [0.25, 0.3) is 11.8 Å². The lowest BCUT2D eigenvalue weighted by atomic mass is 10.3. The summed E-state index contributed by atoms with van der Waals surface area (Å²) < 4.78 is 5.41. The highest BCUT2D eigenvalue weighted by Gasteiger charge is 2.21. The number of aromatic nitrogens is 1. The molecule has 0 saturated heterocycles. The molecule has 1 aromatic heterocycles. The van der Waals surface area contributed by atoms with Crippen LogP contribution in [0.4, 0.5) is 0 Å². The van der Waals surface area contributed by atoms with E-state index in [1.807, 2.05) is 0 Å². The summed E-state index contributed by atoms with van der Waals surface area (Å²) in [6, 6.07) is 4.66. The Bertz CT molecular complexity index is 618. The molecule has 0 spiro atoms. The zero-order chi connectivity index (χ0) is 11.1. The predicted octanol–water partition coefficient (Wildman–Crippen LogP) is 1.55. The molecule has 16 heavy (non-hydrogen) atoms. The molecular formula is C10H6N2O3S. The number of oxazole rings is 1. The van der Waals surface area contributed by atoms with Crippen molar-refractivity contribution in [3.05, 3.63) is 24.1 Å². The molecule has 2 aromatic rings. The monoisotopic (exact) mass is 234 g/mol. The summed E-state index contributed by atoms with van der Waals surface area (Å²) >= 11 is 1.30. The van der Waals surface area contributed by atoms with Crippen molar-refractivity contribution in [3.63, 3.8) is 0 Å². The molecule has 6 heteroatoms. The highest BCUT2D eigenvalue weighted by Crippen LogP contribution is 2.25. The van der Waals surface area contributed by atoms with Crippen molar-refractivity contribution >= 4 is 33.8 Å². The van der Waals surface area contributed by atoms with E-state index in [9.17, 15) is 9.90 Å². The van der Waals surface area contributed by atoms with Crippen molar-refractivity contribution in [2.45, 2.75) is 0 Å². The second-order valence-corrected chi connectivity index (χ2v) is 4.23. The van der Waals surface area contributed by atoms with E-state index in [-0.39, 0.29) is 11.7 Å². The second kappa shape index (κ2) is 3.34. The van der Waals surface area contributed by atoms with E-state index < -0.39 is 0 Å². The molecule has 3 rings (SSSR count). The topological polar surface area (TPSA) is 75.7 Å². The van der Waals surface area contributed by atoms with Crippen LogP contribution in [0.5, 0.6) is 5.75 Å². The zero-order valence-electron chi connectivity index (χ0n) is 8.01. The third kappa shape index (κ3) is 1.47. The number of hydrogen-bond acceptors (Lipinski definition) is 5. The minimum atomic E-state index is -0.176. The fourth-order valence-electron chi connectivity index (χ4n) is 1.42. The van der Waals surface area contributed by atoms with Crippen LogP contribution >= 0.6 is 11.8 Å². The maximum atomic E-state index is 11.0. The van der Waals surface area contributed by atoms with Gasteiger partial charge in [-0.15, -0.1) is 0 Å². The van der Waals surface area contributed by atoms with Gasteiger partial charge in [-0.2, -0.15) is 0 Å². The maximum Gasteiger partial charge on any atom is 0.257 e. The van der Waals surface area contributed by atoms with Gasteiger partial charge in [-0.1, -0.05) is 11.8 Å². The fraction of sp³-hybridized carbons (Fsp3) is 0.100. The number of fused-ring (bicyclic) bond motifs is 1. The molecule has 1 amide bonds. The number of hydrogen-bond donors (Lipinski definition) is 1. The highest BCUT2D eigenvalue weighted by molar-refractivity contribution is 8.15. The number of phenolic OH excluding ortho intramolecular Hbond substituents is 1. The molecule has 0 aliphatic carbocycles. The lowest BCUT2D eigenvalue weighted by Gasteiger charge is -1.88. The van der Waals surface area contributed by atoms with Crippen LogP contribution in [0.3, 0.4) is 0 Å². The van der Waals surface area contributed by atoms with Gasteiger partial charge in [0.2, 0.25) is 0 Å². The minimum Gasteiger partial charge on any atom is -0.508 e. The van der Waals surface area contributed by atoms with E-state index >= 15 is 0 Å². The minimum absolute atomic E-state index is 0.118. The summed E-state index contributed by atoms with van der Waals surface area (Å²) in [5, 5.41) is 9.77. The Morgan fingerprint density at radius 2 is 2.31 bits per heavy atom. The van der Waals surface area contributed by atoms with E-state index in [2.05, 4.69) is 9.98 Å². The van der Waals surface area contributed by atoms with E-state index in [0.29, 0.717) is 27.8 Å². The van der Waals surface area contributed by atoms with Gasteiger partial charge in [0.15, 0.2) is 10.6 Å². The standard InChI is InChI=1S/C10H6N2O3S/c13-5-1-2-6-7(3-5)15-9(11-6)10-12-8(14)4-16-10/h1-3,13H,4H2. The Morgan fingerprint density at radius 1 is 1.44 bits per heavy atom. The summed E-state index contributed by atoms with van der Waals surface area (Å²) in [5.74, 6) is 0.605. The van der Waals surface area contributed by atoms with Crippen molar-refractivity contribution in [2.24, 2.45) is 4.99 Å². The van der Waals surface area contributed by atoms with Crippen LogP contribution < -0.4 is 0 Å². The van der Waals surface area contributed by atoms with Gasteiger partial charge in [0, 0.05) is 6.07 Å². The van der Waals surface area contributed by atoms with Crippen LogP contribution in [-0.2, 0) is 4.79 Å². The third-order valence-electron chi connectivity index (χ3n) is 2.11. The van der Waals surface area contributed by atoms with Gasteiger partial charge in [-0.3, -0.25) is 4.79 Å². The van der Waals surface area contributed by atoms with Crippen LogP contribution in [-0.4, -0.2) is 26.8 Å². The molecule has 0 unspecified atom stereocenters. The zero-order valence-corrected chi connectivity index (χ0v) is 8.82. The molecule has 80 valence electrons. The maximum absolute atomic E-state index is 11.0. The van der Waals surface area contributed by atoms with E-state index in [1.54, 1.807) is 6.07 Å². The molecule has 2 heterocycles. The largest absolute Gasteiger partial charge is 0.508 e. The number of thioether (sulfide) groups is 1. The Balaban J connectivity index is 2.12. The average molecular weight is 234 g/mol. The molecule has 1 aliphatic heterocycles. The van der Waals surface area contributed by atoms with Crippen LogP contribution in [0.15, 0.2) is 27.6 Å². The molecule has 1 N–H and O–H groups in total. The van der Waals surface area contributed by atoms with Gasteiger partial charge >= 0.3 is 0 Å². The molecule has 0 atom stereocenters. The number of carbonyl (C=O) groups excluding carboxylic acids is 1. The van der Waals surface area contributed by atoms with Crippen LogP contribution in [0, 0.1) is 0 Å². The highest BCUT2D eigenvalue weighted by atomic mass is 32.2. The third-order valence-corrected chi connectivity index (χ3v) is 3.04. The predicted molar refractivity (Wildman–Crippen MR) is 59.7 cm³/mol. The van der Waals surface area contributed by atoms with Crippen LogP contribution in [0.25, 0.3) is 11.1 Å². The SMILES string of the molecule is O=C1CSC(c2nc3ccc(O)cc3o2)=N1. The fourth-order valence-corrected chi connectivity index (χ4v) is 2.12. The van der Waals surface area contributed by atoms with Gasteiger partial charge in [-0.05, 0) is 12.1 Å². The first kappa shape index (κ1) is 9.41. The van der Waals surface area contributed by atoms with E-state index in [4.69, 9.17) is 4.42 Å². The number of aliphatic imine (C=N–C) groups is 1. The first-order chi connectivity index (χ1) is 7.72. The average Bonchev–Trinajstić information content (AvgIpc) is 2.83. The van der Waals surface area contributed by atoms with Crippen LogP contribution in [0.2, 0.25) is 0 Å². The molecule has 0 bridgehead atoms. The molecular weight excluding hydrogens is 228 g/mol. The lowest BCUT2D eigenvalue weighted by Crippen LogP contribution is -1.90. The number of amides is 1. The summed E-state index contributed by atoms with van der Waals surface area (Å²) in [6.45, 7) is 0. The van der Waals surface area contributed by atoms with Crippen molar-refractivity contribution in [1.82, 2.24) is 4.98 Å². The quantitative estimate of drug-likeness (QED) is 0.810. The number of benzene rings is 1. The van der Waals surface area contributed by atoms with Gasteiger partial charge in [0.05, 0.1) is 5.75 Å². The number of aromatic hydroxyl groups is 1.